The molecule has 1 amide bonds. The lowest BCUT2D eigenvalue weighted by molar-refractivity contribution is -0.125. The molecule has 0 aromatic rings. The fraction of sp³-hybridized carbons (Fsp3) is 0.944. The van der Waals surface area contributed by atoms with Crippen LogP contribution in [0.4, 0.5) is 0 Å². The Balaban J connectivity index is 1.69. The minimum absolute atomic E-state index is 0.00424. The van der Waals surface area contributed by atoms with Crippen molar-refractivity contribution in [2.24, 2.45) is 16.7 Å². The Bertz CT molecular complexity index is 572. The molecule has 6 heteroatoms. The number of carbonyl (C=O) groups excluding carboxylic acids is 1. The first-order valence-corrected chi connectivity index (χ1v) is 11.0. The van der Waals surface area contributed by atoms with Crippen LogP contribution >= 0.6 is 0 Å². The maximum absolute atomic E-state index is 12.9. The zero-order valence-corrected chi connectivity index (χ0v) is 16.0. The molecule has 1 saturated heterocycles. The van der Waals surface area contributed by atoms with Gasteiger partial charge in [0.25, 0.3) is 0 Å². The summed E-state index contributed by atoms with van der Waals surface area (Å²) >= 11 is 0. The lowest BCUT2D eigenvalue weighted by atomic mass is 9.62. The van der Waals surface area contributed by atoms with Crippen molar-refractivity contribution in [1.82, 2.24) is 10.0 Å². The summed E-state index contributed by atoms with van der Waals surface area (Å²) in [4.78, 5) is 11.8. The van der Waals surface area contributed by atoms with Gasteiger partial charge >= 0.3 is 0 Å². The second-order valence-corrected chi connectivity index (χ2v) is 11.2. The molecule has 0 unspecified atom stereocenters. The molecule has 3 saturated carbocycles. The zero-order chi connectivity index (χ0) is 17.6. The number of sulfonamides is 1. The summed E-state index contributed by atoms with van der Waals surface area (Å²) in [7, 11) is -3.34. The summed E-state index contributed by atoms with van der Waals surface area (Å²) in [6.07, 6.45) is 7.74. The van der Waals surface area contributed by atoms with Crippen molar-refractivity contribution in [2.45, 2.75) is 84.2 Å². The van der Waals surface area contributed by atoms with Gasteiger partial charge in [-0.25, -0.2) is 13.1 Å². The number of fused-ring (bicyclic) bond motifs is 3. The molecule has 0 spiro atoms. The lowest BCUT2D eigenvalue weighted by Crippen LogP contribution is -2.61. The molecular weight excluding hydrogens is 324 g/mol. The summed E-state index contributed by atoms with van der Waals surface area (Å²) in [5.74, 6) is 1.12. The summed E-state index contributed by atoms with van der Waals surface area (Å²) < 4.78 is 28.7. The van der Waals surface area contributed by atoms with E-state index in [2.05, 4.69) is 10.0 Å². The van der Waals surface area contributed by atoms with E-state index in [1.807, 2.05) is 20.8 Å². The molecule has 24 heavy (non-hydrogen) atoms. The van der Waals surface area contributed by atoms with Gasteiger partial charge < -0.3 is 5.32 Å². The monoisotopic (exact) mass is 356 g/mol. The minimum Gasteiger partial charge on any atom is -0.351 e. The Labute approximate surface area is 146 Å². The second kappa shape index (κ2) is 6.27. The number of nitrogens with one attached hydrogen (secondary N) is 2. The van der Waals surface area contributed by atoms with Crippen LogP contribution in [0.1, 0.15) is 72.1 Å². The molecule has 4 aliphatic rings. The molecule has 4 fully saturated rings. The van der Waals surface area contributed by atoms with Crippen LogP contribution in [0.2, 0.25) is 0 Å². The van der Waals surface area contributed by atoms with Crippen LogP contribution in [0.15, 0.2) is 0 Å². The Morgan fingerprint density at radius 1 is 1.12 bits per heavy atom. The largest absolute Gasteiger partial charge is 0.351 e. The average Bonchev–Trinajstić information content (AvgIpc) is 2.48. The number of hydrogen-bond acceptors (Lipinski definition) is 3. The zero-order valence-electron chi connectivity index (χ0n) is 15.2. The normalized spacial score (nSPS) is 37.3. The van der Waals surface area contributed by atoms with E-state index >= 15 is 0 Å². The van der Waals surface area contributed by atoms with Crippen LogP contribution in [0.25, 0.3) is 0 Å². The topological polar surface area (TPSA) is 75.3 Å². The summed E-state index contributed by atoms with van der Waals surface area (Å²) in [6, 6.07) is -0.364. The molecule has 5 nitrogen and oxygen atoms in total. The van der Waals surface area contributed by atoms with Gasteiger partial charge in [0.1, 0.15) is 0 Å². The minimum atomic E-state index is -3.34. The molecule has 2 bridgehead atoms. The van der Waals surface area contributed by atoms with Crippen molar-refractivity contribution in [3.05, 3.63) is 0 Å². The van der Waals surface area contributed by atoms with Crippen LogP contribution in [0, 0.1) is 16.7 Å². The number of piperidine rings is 1. The van der Waals surface area contributed by atoms with E-state index < -0.39 is 10.0 Å². The Morgan fingerprint density at radius 2 is 1.71 bits per heavy atom. The molecule has 0 aromatic carbocycles. The molecule has 0 radical (unpaired) electrons. The molecule has 3 aliphatic carbocycles. The van der Waals surface area contributed by atoms with Gasteiger partial charge in [-0.1, -0.05) is 20.8 Å². The Kier molecular flexibility index (Phi) is 4.75. The predicted molar refractivity (Wildman–Crippen MR) is 95.0 cm³/mol. The molecule has 1 aliphatic heterocycles. The molecule has 138 valence electrons. The highest BCUT2D eigenvalue weighted by Crippen LogP contribution is 2.50. The van der Waals surface area contributed by atoms with E-state index in [1.54, 1.807) is 0 Å². The van der Waals surface area contributed by atoms with Gasteiger partial charge in [0.15, 0.2) is 0 Å². The van der Waals surface area contributed by atoms with Gasteiger partial charge in [-0.05, 0) is 61.7 Å². The van der Waals surface area contributed by atoms with E-state index in [-0.39, 0.29) is 34.6 Å². The van der Waals surface area contributed by atoms with Crippen molar-refractivity contribution in [2.75, 3.05) is 5.75 Å². The standard InChI is InChI=1S/C18H32N2O3S/c1-17(2,3)16-14(4-5-15(21)19-16)20-24(22,23)12-18-9-6-13(7-10-18)8-11-18/h13-14,16,20H,4-12H2,1-3H3,(H,19,21)/t13?,14-,16-,18?/m1/s1. The highest BCUT2D eigenvalue weighted by atomic mass is 32.2. The molecule has 1 heterocycles. The number of carbonyl (C=O) groups is 1. The summed E-state index contributed by atoms with van der Waals surface area (Å²) in [5.41, 5.74) is -0.180. The van der Waals surface area contributed by atoms with Crippen LogP contribution in [0.3, 0.4) is 0 Å². The number of hydrogen-bond donors (Lipinski definition) is 2. The fourth-order valence-corrected chi connectivity index (χ4v) is 7.02. The van der Waals surface area contributed by atoms with Crippen molar-refractivity contribution in [1.29, 1.82) is 0 Å². The highest BCUT2D eigenvalue weighted by Gasteiger charge is 2.45. The van der Waals surface area contributed by atoms with Gasteiger partial charge in [0.05, 0.1) is 5.75 Å². The van der Waals surface area contributed by atoms with E-state index in [0.29, 0.717) is 12.8 Å². The highest BCUT2D eigenvalue weighted by molar-refractivity contribution is 7.89. The van der Waals surface area contributed by atoms with E-state index in [4.69, 9.17) is 0 Å². The van der Waals surface area contributed by atoms with Crippen molar-refractivity contribution >= 4 is 15.9 Å². The van der Waals surface area contributed by atoms with Gasteiger partial charge in [-0.3, -0.25) is 4.79 Å². The molecular formula is C18H32N2O3S. The third kappa shape index (κ3) is 3.96. The summed E-state index contributed by atoms with van der Waals surface area (Å²) in [6.45, 7) is 6.14. The van der Waals surface area contributed by atoms with Crippen molar-refractivity contribution in [3.63, 3.8) is 0 Å². The van der Waals surface area contributed by atoms with Gasteiger partial charge in [-0.2, -0.15) is 0 Å². The van der Waals surface area contributed by atoms with Crippen molar-refractivity contribution < 1.29 is 13.2 Å². The van der Waals surface area contributed by atoms with Crippen LogP contribution in [-0.2, 0) is 14.8 Å². The summed E-state index contributed by atoms with van der Waals surface area (Å²) in [5, 5.41) is 3.00. The third-order valence-corrected chi connectivity index (χ3v) is 8.06. The fourth-order valence-electron chi connectivity index (χ4n) is 4.98. The van der Waals surface area contributed by atoms with Gasteiger partial charge in [-0.15, -0.1) is 0 Å². The predicted octanol–water partition coefficient (Wildman–Crippen LogP) is 2.57. The smallest absolute Gasteiger partial charge is 0.220 e. The molecule has 4 rings (SSSR count). The molecule has 2 N–H and O–H groups in total. The van der Waals surface area contributed by atoms with Gasteiger partial charge in [0.2, 0.25) is 15.9 Å². The Morgan fingerprint density at radius 3 is 2.25 bits per heavy atom. The van der Waals surface area contributed by atoms with Gasteiger partial charge in [0, 0.05) is 18.5 Å². The first-order chi connectivity index (χ1) is 11.1. The van der Waals surface area contributed by atoms with Crippen LogP contribution in [-0.4, -0.2) is 32.2 Å². The maximum atomic E-state index is 12.9. The van der Waals surface area contributed by atoms with Crippen LogP contribution < -0.4 is 10.0 Å². The SMILES string of the molecule is CC(C)(C)[C@@H]1NC(=O)CC[C@H]1NS(=O)(=O)CC12CCC(CC1)CC2. The van der Waals surface area contributed by atoms with E-state index in [9.17, 15) is 13.2 Å². The average molecular weight is 357 g/mol. The van der Waals surface area contributed by atoms with Crippen molar-refractivity contribution in [3.8, 4) is 0 Å². The first-order valence-electron chi connectivity index (χ1n) is 9.38. The quantitative estimate of drug-likeness (QED) is 0.813. The lowest BCUT2D eigenvalue weighted by Gasteiger charge is -2.47. The Hall–Kier alpha value is -0.620. The maximum Gasteiger partial charge on any atom is 0.220 e. The number of amides is 1. The first kappa shape index (κ1) is 18.2. The molecule has 2 atom stereocenters. The van der Waals surface area contributed by atoms with E-state index in [0.717, 1.165) is 25.2 Å². The van der Waals surface area contributed by atoms with E-state index in [1.165, 1.54) is 19.3 Å². The second-order valence-electron chi connectivity index (χ2n) is 9.42. The third-order valence-electron chi connectivity index (χ3n) is 6.41. The van der Waals surface area contributed by atoms with Crippen LogP contribution in [0.5, 0.6) is 0 Å². The number of rotatable bonds is 4. The molecule has 0 aromatic heterocycles.